The lowest BCUT2D eigenvalue weighted by molar-refractivity contribution is 0.269. The van der Waals surface area contributed by atoms with Crippen LogP contribution in [0.4, 0.5) is 0 Å². The largest absolute Gasteiger partial charge is 0.490 e. The Kier molecular flexibility index (Phi) is 9.18. The van der Waals surface area contributed by atoms with Crippen LogP contribution in [-0.4, -0.2) is 13.2 Å². The van der Waals surface area contributed by atoms with E-state index in [0.29, 0.717) is 44.7 Å². The van der Waals surface area contributed by atoms with Gasteiger partial charge in [-0.05, 0) is 67.4 Å². The van der Waals surface area contributed by atoms with Gasteiger partial charge in [-0.2, -0.15) is 0 Å². The molecule has 0 bridgehead atoms. The van der Waals surface area contributed by atoms with E-state index in [4.69, 9.17) is 55.9 Å². The van der Waals surface area contributed by atoms with Crippen LogP contribution in [0.25, 0.3) is 0 Å². The average molecular weight is 499 g/mol. The molecule has 3 nitrogen and oxygen atoms in total. The van der Waals surface area contributed by atoms with Gasteiger partial charge in [0.1, 0.15) is 6.61 Å². The molecular formula is C24H23Cl4NO2. The molecule has 0 radical (unpaired) electrons. The molecule has 0 aliphatic carbocycles. The topological polar surface area (TPSA) is 30.5 Å². The van der Waals surface area contributed by atoms with E-state index in [1.54, 1.807) is 18.2 Å². The third-order valence-electron chi connectivity index (χ3n) is 4.66. The molecule has 3 aromatic rings. The van der Waals surface area contributed by atoms with Crippen molar-refractivity contribution >= 4 is 46.4 Å². The normalized spacial score (nSPS) is 10.9. The molecule has 0 aliphatic heterocycles. The molecule has 164 valence electrons. The SMILES string of the molecule is CCOc1cc(CNCCc2ccc(Cl)cc2Cl)ccc1OCc1c(Cl)cccc1Cl. The van der Waals surface area contributed by atoms with Crippen LogP contribution >= 0.6 is 46.4 Å². The molecule has 3 aromatic carbocycles. The summed E-state index contributed by atoms with van der Waals surface area (Å²) < 4.78 is 11.7. The molecular weight excluding hydrogens is 476 g/mol. The van der Waals surface area contributed by atoms with E-state index in [0.717, 1.165) is 29.7 Å². The van der Waals surface area contributed by atoms with Gasteiger partial charge in [-0.3, -0.25) is 0 Å². The van der Waals surface area contributed by atoms with Crippen molar-refractivity contribution in [3.05, 3.63) is 91.4 Å². The second-order valence-electron chi connectivity index (χ2n) is 6.87. The van der Waals surface area contributed by atoms with E-state index in [9.17, 15) is 0 Å². The molecule has 7 heteroatoms. The van der Waals surface area contributed by atoms with Gasteiger partial charge in [0.05, 0.1) is 6.61 Å². The van der Waals surface area contributed by atoms with E-state index in [1.807, 2.05) is 43.3 Å². The van der Waals surface area contributed by atoms with Crippen LogP contribution in [0.3, 0.4) is 0 Å². The Morgan fingerprint density at radius 3 is 2.29 bits per heavy atom. The van der Waals surface area contributed by atoms with Gasteiger partial charge >= 0.3 is 0 Å². The Hall–Kier alpha value is -1.62. The maximum atomic E-state index is 6.24. The number of rotatable bonds is 10. The summed E-state index contributed by atoms with van der Waals surface area (Å²) in [6, 6.07) is 16.9. The van der Waals surface area contributed by atoms with E-state index in [2.05, 4.69) is 5.32 Å². The maximum Gasteiger partial charge on any atom is 0.161 e. The number of hydrogen-bond donors (Lipinski definition) is 1. The number of hydrogen-bond acceptors (Lipinski definition) is 3. The van der Waals surface area contributed by atoms with Gasteiger partial charge in [0.25, 0.3) is 0 Å². The van der Waals surface area contributed by atoms with Crippen molar-refractivity contribution in [1.82, 2.24) is 5.32 Å². The molecule has 3 rings (SSSR count). The molecule has 0 heterocycles. The first-order chi connectivity index (χ1) is 15.0. The van der Waals surface area contributed by atoms with Gasteiger partial charge in [-0.25, -0.2) is 0 Å². The van der Waals surface area contributed by atoms with Crippen LogP contribution in [0.2, 0.25) is 20.1 Å². The summed E-state index contributed by atoms with van der Waals surface area (Å²) in [5, 5.41) is 5.91. The highest BCUT2D eigenvalue weighted by atomic mass is 35.5. The van der Waals surface area contributed by atoms with Crippen molar-refractivity contribution in [3.63, 3.8) is 0 Å². The first kappa shape index (κ1) is 24.0. The minimum Gasteiger partial charge on any atom is -0.490 e. The van der Waals surface area contributed by atoms with Crippen molar-refractivity contribution in [2.45, 2.75) is 26.5 Å². The minimum absolute atomic E-state index is 0.262. The van der Waals surface area contributed by atoms with Crippen molar-refractivity contribution in [2.24, 2.45) is 0 Å². The molecule has 0 saturated heterocycles. The number of halogens is 4. The lowest BCUT2D eigenvalue weighted by Crippen LogP contribution is -2.17. The van der Waals surface area contributed by atoms with E-state index >= 15 is 0 Å². The molecule has 0 atom stereocenters. The molecule has 1 N–H and O–H groups in total. The summed E-state index contributed by atoms with van der Waals surface area (Å²) in [6.45, 7) is 4.22. The lowest BCUT2D eigenvalue weighted by Gasteiger charge is -2.15. The second-order valence-corrected chi connectivity index (χ2v) is 8.52. The van der Waals surface area contributed by atoms with Gasteiger partial charge < -0.3 is 14.8 Å². The highest BCUT2D eigenvalue weighted by molar-refractivity contribution is 6.36. The quantitative estimate of drug-likeness (QED) is 0.292. The van der Waals surface area contributed by atoms with E-state index in [-0.39, 0.29) is 6.61 Å². The Morgan fingerprint density at radius 2 is 1.58 bits per heavy atom. The molecule has 0 unspecified atom stereocenters. The molecule has 0 aromatic heterocycles. The monoisotopic (exact) mass is 497 g/mol. The van der Waals surface area contributed by atoms with Gasteiger partial charge in [0.2, 0.25) is 0 Å². The third kappa shape index (κ3) is 6.93. The molecule has 31 heavy (non-hydrogen) atoms. The summed E-state index contributed by atoms with van der Waals surface area (Å²) in [7, 11) is 0. The highest BCUT2D eigenvalue weighted by Gasteiger charge is 2.11. The maximum absolute atomic E-state index is 6.24. The highest BCUT2D eigenvalue weighted by Crippen LogP contribution is 2.31. The first-order valence-electron chi connectivity index (χ1n) is 9.94. The zero-order valence-corrected chi connectivity index (χ0v) is 20.1. The molecule has 0 saturated carbocycles. The summed E-state index contributed by atoms with van der Waals surface area (Å²) >= 11 is 24.7. The van der Waals surface area contributed by atoms with Crippen molar-refractivity contribution < 1.29 is 9.47 Å². The second kappa shape index (κ2) is 11.8. The van der Waals surface area contributed by atoms with E-state index in [1.165, 1.54) is 0 Å². The Labute approximate surface area is 203 Å². The average Bonchev–Trinajstić information content (AvgIpc) is 2.73. The van der Waals surface area contributed by atoms with Gasteiger partial charge in [0, 0.05) is 32.2 Å². The van der Waals surface area contributed by atoms with Gasteiger partial charge in [-0.15, -0.1) is 0 Å². The molecule has 0 aliphatic rings. The molecule has 0 amide bonds. The number of benzene rings is 3. The molecule has 0 spiro atoms. The smallest absolute Gasteiger partial charge is 0.161 e. The summed E-state index contributed by atoms with van der Waals surface area (Å²) in [5.41, 5.74) is 2.91. The summed E-state index contributed by atoms with van der Waals surface area (Å²) in [6.07, 6.45) is 0.814. The minimum atomic E-state index is 0.262. The predicted octanol–water partition coefficient (Wildman–Crippen LogP) is 7.61. The number of ether oxygens (including phenoxy) is 2. The third-order valence-corrected chi connectivity index (χ3v) is 5.95. The van der Waals surface area contributed by atoms with Crippen molar-refractivity contribution in [3.8, 4) is 11.5 Å². The fourth-order valence-corrected chi connectivity index (χ4v) is 4.06. The zero-order chi connectivity index (χ0) is 22.2. The summed E-state index contributed by atoms with van der Waals surface area (Å²) in [5.74, 6) is 1.33. The first-order valence-corrected chi connectivity index (χ1v) is 11.4. The van der Waals surface area contributed by atoms with Gasteiger partial charge in [-0.1, -0.05) is 64.6 Å². The summed E-state index contributed by atoms with van der Waals surface area (Å²) in [4.78, 5) is 0. The number of nitrogens with one attached hydrogen (secondary N) is 1. The fourth-order valence-electron chi connectivity index (χ4n) is 3.05. The standard InChI is InChI=1S/C24H23Cl4NO2/c1-2-30-24-12-16(14-29-11-10-17-7-8-18(25)13-22(17)28)6-9-23(24)31-15-19-20(26)4-3-5-21(19)27/h3-9,12-13,29H,2,10-11,14-15H2,1H3. The van der Waals surface area contributed by atoms with Gasteiger partial charge in [0.15, 0.2) is 11.5 Å². The van der Waals surface area contributed by atoms with Crippen LogP contribution in [0.5, 0.6) is 11.5 Å². The lowest BCUT2D eigenvalue weighted by atomic mass is 10.1. The van der Waals surface area contributed by atoms with Crippen LogP contribution in [0, 0.1) is 0 Å². The Morgan fingerprint density at radius 1 is 0.806 bits per heavy atom. The van der Waals surface area contributed by atoms with Crippen LogP contribution in [0.15, 0.2) is 54.6 Å². The predicted molar refractivity (Wildman–Crippen MR) is 130 cm³/mol. The Bertz CT molecular complexity index is 1010. The van der Waals surface area contributed by atoms with Crippen LogP contribution < -0.4 is 14.8 Å². The van der Waals surface area contributed by atoms with E-state index < -0.39 is 0 Å². The van der Waals surface area contributed by atoms with Crippen molar-refractivity contribution in [1.29, 1.82) is 0 Å². The fraction of sp³-hybridized carbons (Fsp3) is 0.250. The Balaban J connectivity index is 1.59. The van der Waals surface area contributed by atoms with Crippen LogP contribution in [-0.2, 0) is 19.6 Å². The van der Waals surface area contributed by atoms with Crippen molar-refractivity contribution in [2.75, 3.05) is 13.2 Å². The van der Waals surface area contributed by atoms with Crippen LogP contribution in [0.1, 0.15) is 23.6 Å². The molecule has 0 fully saturated rings. The zero-order valence-electron chi connectivity index (χ0n) is 17.1.